The summed E-state index contributed by atoms with van der Waals surface area (Å²) in [5.41, 5.74) is 3.44. The van der Waals surface area contributed by atoms with E-state index in [-0.39, 0.29) is 5.91 Å². The lowest BCUT2D eigenvalue weighted by Gasteiger charge is -2.36. The second-order valence-corrected chi connectivity index (χ2v) is 9.04. The fraction of sp³-hybridized carbons (Fsp3) is 0.375. The highest BCUT2D eigenvalue weighted by atomic mass is 32.1. The van der Waals surface area contributed by atoms with Crippen LogP contribution in [-0.4, -0.2) is 48.7 Å². The first-order valence-electron chi connectivity index (χ1n) is 10.7. The molecule has 2 aliphatic rings. The molecule has 3 aromatic rings. The monoisotopic (exact) mass is 421 g/mol. The van der Waals surface area contributed by atoms with Crippen LogP contribution in [-0.2, 0) is 12.8 Å². The van der Waals surface area contributed by atoms with Gasteiger partial charge in [0.05, 0.1) is 12.7 Å². The molecule has 1 aromatic carbocycles. The Morgan fingerprint density at radius 1 is 0.967 bits per heavy atom. The van der Waals surface area contributed by atoms with E-state index >= 15 is 0 Å². The van der Waals surface area contributed by atoms with Gasteiger partial charge in [0.1, 0.15) is 10.8 Å². The van der Waals surface area contributed by atoms with Crippen LogP contribution in [0.2, 0.25) is 0 Å². The molecule has 0 radical (unpaired) electrons. The summed E-state index contributed by atoms with van der Waals surface area (Å²) < 4.78 is 7.38. The van der Waals surface area contributed by atoms with Gasteiger partial charge in [-0.3, -0.25) is 4.79 Å². The average Bonchev–Trinajstić information content (AvgIpc) is 3.46. The van der Waals surface area contributed by atoms with Crippen molar-refractivity contribution in [3.63, 3.8) is 0 Å². The van der Waals surface area contributed by atoms with Gasteiger partial charge in [0, 0.05) is 49.1 Å². The number of piperazine rings is 1. The number of ether oxygens (including phenoxy) is 1. The van der Waals surface area contributed by atoms with Crippen LogP contribution in [0.5, 0.6) is 5.75 Å². The maximum absolute atomic E-state index is 13.7. The van der Waals surface area contributed by atoms with Gasteiger partial charge in [-0.1, -0.05) is 0 Å². The lowest BCUT2D eigenvalue weighted by molar-refractivity contribution is 0.0746. The maximum atomic E-state index is 13.7. The third kappa shape index (κ3) is 3.49. The zero-order chi connectivity index (χ0) is 20.5. The number of carbonyl (C=O) groups excluding carboxylic acids is 1. The van der Waals surface area contributed by atoms with Crippen LogP contribution in [0.1, 0.15) is 33.6 Å². The van der Waals surface area contributed by atoms with E-state index in [4.69, 9.17) is 4.74 Å². The Balaban J connectivity index is 1.36. The normalized spacial score (nSPS) is 16.4. The lowest BCUT2D eigenvalue weighted by atomic mass is 9.95. The van der Waals surface area contributed by atoms with Gasteiger partial charge >= 0.3 is 0 Å². The number of aromatic nitrogens is 1. The average molecular weight is 422 g/mol. The molecule has 1 aliphatic heterocycles. The quantitative estimate of drug-likeness (QED) is 0.627. The molecule has 1 aliphatic carbocycles. The summed E-state index contributed by atoms with van der Waals surface area (Å²) in [6, 6.07) is 12.2. The van der Waals surface area contributed by atoms with Gasteiger partial charge < -0.3 is 19.1 Å². The maximum Gasteiger partial charge on any atom is 0.257 e. The molecule has 0 N–H and O–H groups in total. The number of carbonyl (C=O) groups is 1. The number of rotatable bonds is 4. The number of amides is 1. The van der Waals surface area contributed by atoms with Crippen LogP contribution in [0, 0.1) is 0 Å². The van der Waals surface area contributed by atoms with Crippen molar-refractivity contribution in [3.8, 4) is 10.8 Å². The van der Waals surface area contributed by atoms with Crippen molar-refractivity contribution in [1.82, 2.24) is 9.47 Å². The molecule has 0 unspecified atom stereocenters. The molecule has 5 nitrogen and oxygen atoms in total. The Kier molecular flexibility index (Phi) is 5.25. The number of hydrogen-bond donors (Lipinski definition) is 0. The highest BCUT2D eigenvalue weighted by molar-refractivity contribution is 7.15. The molecule has 1 amide bonds. The second-order valence-electron chi connectivity index (χ2n) is 7.96. The minimum Gasteiger partial charge on any atom is -0.497 e. The topological polar surface area (TPSA) is 37.7 Å². The first-order valence-corrected chi connectivity index (χ1v) is 11.5. The summed E-state index contributed by atoms with van der Waals surface area (Å²) >= 11 is 1.81. The predicted octanol–water partition coefficient (Wildman–Crippen LogP) is 4.39. The van der Waals surface area contributed by atoms with Crippen molar-refractivity contribution in [2.75, 3.05) is 38.2 Å². The van der Waals surface area contributed by atoms with Gasteiger partial charge in [-0.2, -0.15) is 0 Å². The zero-order valence-electron chi connectivity index (χ0n) is 17.3. The van der Waals surface area contributed by atoms with Crippen LogP contribution in [0.3, 0.4) is 0 Å². The fourth-order valence-corrected chi connectivity index (χ4v) is 5.89. The van der Waals surface area contributed by atoms with E-state index in [1.807, 2.05) is 29.2 Å². The van der Waals surface area contributed by atoms with E-state index in [1.54, 1.807) is 18.4 Å². The van der Waals surface area contributed by atoms with E-state index in [0.29, 0.717) is 0 Å². The van der Waals surface area contributed by atoms with Gasteiger partial charge in [-0.25, -0.2) is 0 Å². The molecule has 1 saturated heterocycles. The summed E-state index contributed by atoms with van der Waals surface area (Å²) in [6.45, 7) is 3.20. The number of nitrogens with zero attached hydrogens (tertiary/aromatic N) is 3. The number of benzene rings is 1. The Morgan fingerprint density at radius 3 is 2.37 bits per heavy atom. The van der Waals surface area contributed by atoms with Gasteiger partial charge in [-0.05, 0) is 67.6 Å². The molecule has 0 spiro atoms. The van der Waals surface area contributed by atoms with E-state index in [1.165, 1.54) is 29.0 Å². The summed E-state index contributed by atoms with van der Waals surface area (Å²) in [5, 5.41) is 1.09. The van der Waals surface area contributed by atoms with E-state index in [9.17, 15) is 4.79 Å². The Bertz CT molecular complexity index is 1020. The highest BCUT2D eigenvalue weighted by Gasteiger charge is 2.30. The summed E-state index contributed by atoms with van der Waals surface area (Å²) in [4.78, 5) is 19.5. The van der Waals surface area contributed by atoms with Crippen LogP contribution in [0.15, 0.2) is 48.8 Å². The third-order valence-electron chi connectivity index (χ3n) is 6.21. The van der Waals surface area contributed by atoms with E-state index in [2.05, 4.69) is 34.0 Å². The molecule has 30 heavy (non-hydrogen) atoms. The second kappa shape index (κ2) is 8.19. The summed E-state index contributed by atoms with van der Waals surface area (Å²) in [6.07, 6.45) is 8.64. The van der Waals surface area contributed by atoms with E-state index < -0.39 is 0 Å². The molecular weight excluding hydrogens is 394 g/mol. The standard InChI is InChI=1S/C24H27N3O2S/c1-29-19-10-8-18(9-11-19)25-14-16-26(17-15-25)23(28)22-20-6-2-3-7-21(20)30-24(22)27-12-4-5-13-27/h4-5,8-13H,2-3,6-7,14-17H2,1H3. The van der Waals surface area contributed by atoms with Gasteiger partial charge in [0.15, 0.2) is 0 Å². The molecule has 5 rings (SSSR count). The molecule has 6 heteroatoms. The minimum atomic E-state index is 0.201. The van der Waals surface area contributed by atoms with Gasteiger partial charge in [0.2, 0.25) is 0 Å². The molecule has 156 valence electrons. The molecule has 2 aromatic heterocycles. The van der Waals surface area contributed by atoms with Crippen LogP contribution in [0.25, 0.3) is 5.00 Å². The summed E-state index contributed by atoms with van der Waals surface area (Å²) in [7, 11) is 1.69. The van der Waals surface area contributed by atoms with E-state index in [0.717, 1.165) is 55.3 Å². The Labute approximate surface area is 181 Å². The first kappa shape index (κ1) is 19.2. The predicted molar refractivity (Wildman–Crippen MR) is 121 cm³/mol. The van der Waals surface area contributed by atoms with Crippen LogP contribution in [0.4, 0.5) is 5.69 Å². The smallest absolute Gasteiger partial charge is 0.257 e. The lowest BCUT2D eigenvalue weighted by Crippen LogP contribution is -2.49. The zero-order valence-corrected chi connectivity index (χ0v) is 18.2. The van der Waals surface area contributed by atoms with Crippen LogP contribution >= 0.6 is 11.3 Å². The molecule has 0 saturated carbocycles. The first-order chi connectivity index (χ1) is 14.7. The van der Waals surface area contributed by atoms with Crippen molar-refractivity contribution in [1.29, 1.82) is 0 Å². The summed E-state index contributed by atoms with van der Waals surface area (Å²) in [5.74, 6) is 1.07. The third-order valence-corrected chi connectivity index (χ3v) is 7.52. The molecule has 0 atom stereocenters. The minimum absolute atomic E-state index is 0.201. The van der Waals surface area contributed by atoms with Crippen molar-refractivity contribution in [2.45, 2.75) is 25.7 Å². The number of methoxy groups -OCH3 is 1. The van der Waals surface area contributed by atoms with Crippen molar-refractivity contribution in [3.05, 3.63) is 64.8 Å². The Morgan fingerprint density at radius 2 is 1.67 bits per heavy atom. The number of fused-ring (bicyclic) bond motifs is 1. The highest BCUT2D eigenvalue weighted by Crippen LogP contribution is 2.37. The van der Waals surface area contributed by atoms with Gasteiger partial charge in [0.25, 0.3) is 5.91 Å². The van der Waals surface area contributed by atoms with Crippen molar-refractivity contribution < 1.29 is 9.53 Å². The van der Waals surface area contributed by atoms with Crippen molar-refractivity contribution in [2.24, 2.45) is 0 Å². The molecule has 3 heterocycles. The molecule has 1 fully saturated rings. The number of anilines is 1. The number of hydrogen-bond acceptors (Lipinski definition) is 4. The largest absolute Gasteiger partial charge is 0.497 e. The number of aryl methyl sites for hydroxylation is 1. The van der Waals surface area contributed by atoms with Gasteiger partial charge in [-0.15, -0.1) is 11.3 Å². The molecule has 0 bridgehead atoms. The molecular formula is C24H27N3O2S. The number of thiophene rings is 1. The van der Waals surface area contributed by atoms with Crippen LogP contribution < -0.4 is 9.64 Å². The fourth-order valence-electron chi connectivity index (χ4n) is 4.54. The van der Waals surface area contributed by atoms with Crippen molar-refractivity contribution >= 4 is 22.9 Å². The Hall–Kier alpha value is -2.73. The SMILES string of the molecule is COc1ccc(N2CCN(C(=O)c3c(-n4cccc4)sc4c3CCCC4)CC2)cc1.